The summed E-state index contributed by atoms with van der Waals surface area (Å²) in [6.07, 6.45) is 7.65. The normalized spacial score (nSPS) is 10.6. The van der Waals surface area contributed by atoms with E-state index in [1.165, 1.54) is 44.2 Å². The molecule has 0 aromatic heterocycles. The summed E-state index contributed by atoms with van der Waals surface area (Å²) in [5, 5.41) is 9.34. The highest BCUT2D eigenvalue weighted by Gasteiger charge is 2.05. The second-order valence-electron chi connectivity index (χ2n) is 4.92. The molecule has 0 radical (unpaired) electrons. The molecule has 0 amide bonds. The van der Waals surface area contributed by atoms with Gasteiger partial charge < -0.3 is 10.0 Å². The van der Waals surface area contributed by atoms with Gasteiger partial charge in [-0.15, -0.1) is 0 Å². The van der Waals surface area contributed by atoms with Gasteiger partial charge in [0.05, 0.1) is 0 Å². The van der Waals surface area contributed by atoms with E-state index in [0.717, 1.165) is 13.1 Å². The Morgan fingerprint density at radius 1 is 0.833 bits per heavy atom. The molecule has 2 nitrogen and oxygen atoms in total. The van der Waals surface area contributed by atoms with Crippen LogP contribution in [0, 0.1) is 0 Å². The fraction of sp³-hybridized carbons (Fsp3) is 0.625. The first-order valence-corrected chi connectivity index (χ1v) is 7.32. The molecular weight excluding hydrogens is 222 g/mol. The third kappa shape index (κ3) is 5.44. The Bertz CT molecular complexity index is 307. The number of phenols is 1. The maximum absolute atomic E-state index is 9.34. The number of phenolic OH excluding ortho intramolecular Hbond substituents is 1. The van der Waals surface area contributed by atoms with Gasteiger partial charge in [0.15, 0.2) is 0 Å². The van der Waals surface area contributed by atoms with Crippen molar-refractivity contribution in [3.05, 3.63) is 24.3 Å². The lowest BCUT2D eigenvalue weighted by molar-refractivity contribution is 0.475. The molecule has 0 unspecified atom stereocenters. The van der Waals surface area contributed by atoms with Gasteiger partial charge in [0.2, 0.25) is 0 Å². The van der Waals surface area contributed by atoms with E-state index in [-0.39, 0.29) is 0 Å². The molecule has 0 spiro atoms. The van der Waals surface area contributed by atoms with Crippen LogP contribution in [0.2, 0.25) is 0 Å². The molecule has 102 valence electrons. The maximum atomic E-state index is 9.34. The molecule has 0 aliphatic carbocycles. The number of hydrogen-bond acceptors (Lipinski definition) is 2. The average molecular weight is 249 g/mol. The Labute approximate surface area is 112 Å². The fourth-order valence-corrected chi connectivity index (χ4v) is 2.11. The summed E-state index contributed by atoms with van der Waals surface area (Å²) in [6, 6.07) is 7.59. The van der Waals surface area contributed by atoms with E-state index in [1.54, 1.807) is 12.1 Å². The van der Waals surface area contributed by atoms with Crippen molar-refractivity contribution in [1.29, 1.82) is 0 Å². The van der Waals surface area contributed by atoms with Gasteiger partial charge in [-0.05, 0) is 37.1 Å². The topological polar surface area (TPSA) is 23.5 Å². The zero-order valence-corrected chi connectivity index (χ0v) is 11.9. The summed E-state index contributed by atoms with van der Waals surface area (Å²) >= 11 is 0. The standard InChI is InChI=1S/C16H27NO/c1-3-5-7-8-14-17(13-6-4-2)15-9-11-16(18)12-10-15/h9-12,18H,3-8,13-14H2,1-2H3. The molecule has 0 fully saturated rings. The van der Waals surface area contributed by atoms with Gasteiger partial charge in [-0.3, -0.25) is 0 Å². The molecular formula is C16H27NO. The van der Waals surface area contributed by atoms with Crippen molar-refractivity contribution >= 4 is 5.69 Å². The quantitative estimate of drug-likeness (QED) is 0.648. The minimum atomic E-state index is 0.347. The Balaban J connectivity index is 2.51. The molecule has 1 rings (SSSR count). The fourth-order valence-electron chi connectivity index (χ4n) is 2.11. The summed E-state index contributed by atoms with van der Waals surface area (Å²) in [6.45, 7) is 6.72. The van der Waals surface area contributed by atoms with Crippen LogP contribution in [0.4, 0.5) is 5.69 Å². The second kappa shape index (κ2) is 8.84. The van der Waals surface area contributed by atoms with E-state index in [9.17, 15) is 5.11 Å². The van der Waals surface area contributed by atoms with Crippen molar-refractivity contribution in [1.82, 2.24) is 0 Å². The number of hydrogen-bond donors (Lipinski definition) is 1. The van der Waals surface area contributed by atoms with Crippen molar-refractivity contribution in [3.63, 3.8) is 0 Å². The van der Waals surface area contributed by atoms with E-state index in [1.807, 2.05) is 12.1 Å². The Morgan fingerprint density at radius 2 is 1.44 bits per heavy atom. The highest BCUT2D eigenvalue weighted by Crippen LogP contribution is 2.19. The van der Waals surface area contributed by atoms with Crippen LogP contribution in [0.1, 0.15) is 52.4 Å². The van der Waals surface area contributed by atoms with Gasteiger partial charge in [0.1, 0.15) is 5.75 Å². The van der Waals surface area contributed by atoms with Crippen molar-refractivity contribution in [3.8, 4) is 5.75 Å². The zero-order valence-electron chi connectivity index (χ0n) is 11.9. The second-order valence-corrected chi connectivity index (χ2v) is 4.92. The molecule has 2 heteroatoms. The molecule has 1 aromatic carbocycles. The molecule has 0 aliphatic heterocycles. The summed E-state index contributed by atoms with van der Waals surface area (Å²) in [5.41, 5.74) is 1.23. The molecule has 0 saturated carbocycles. The predicted octanol–water partition coefficient (Wildman–Crippen LogP) is 4.58. The van der Waals surface area contributed by atoms with Gasteiger partial charge in [-0.1, -0.05) is 39.5 Å². The van der Waals surface area contributed by atoms with E-state index >= 15 is 0 Å². The first-order chi connectivity index (χ1) is 8.77. The monoisotopic (exact) mass is 249 g/mol. The summed E-state index contributed by atoms with van der Waals surface area (Å²) in [4.78, 5) is 2.44. The Hall–Kier alpha value is -1.18. The van der Waals surface area contributed by atoms with Gasteiger partial charge in [-0.25, -0.2) is 0 Å². The molecule has 0 aliphatic rings. The lowest BCUT2D eigenvalue weighted by Crippen LogP contribution is -2.25. The third-order valence-corrected chi connectivity index (χ3v) is 3.28. The average Bonchev–Trinajstić information content (AvgIpc) is 2.39. The van der Waals surface area contributed by atoms with Crippen LogP contribution in [0.3, 0.4) is 0 Å². The Kier molecular flexibility index (Phi) is 7.31. The van der Waals surface area contributed by atoms with Crippen molar-refractivity contribution in [2.45, 2.75) is 52.4 Å². The highest BCUT2D eigenvalue weighted by molar-refractivity contribution is 5.48. The number of unbranched alkanes of at least 4 members (excludes halogenated alkanes) is 4. The molecule has 0 bridgehead atoms. The third-order valence-electron chi connectivity index (χ3n) is 3.28. The van der Waals surface area contributed by atoms with Crippen LogP contribution in [-0.4, -0.2) is 18.2 Å². The van der Waals surface area contributed by atoms with Gasteiger partial charge in [0, 0.05) is 18.8 Å². The van der Waals surface area contributed by atoms with E-state index in [4.69, 9.17) is 0 Å². The maximum Gasteiger partial charge on any atom is 0.115 e. The first kappa shape index (κ1) is 14.9. The highest BCUT2D eigenvalue weighted by atomic mass is 16.3. The van der Waals surface area contributed by atoms with Crippen LogP contribution in [0.5, 0.6) is 5.75 Å². The number of aromatic hydroxyl groups is 1. The minimum Gasteiger partial charge on any atom is -0.508 e. The van der Waals surface area contributed by atoms with Gasteiger partial charge >= 0.3 is 0 Å². The minimum absolute atomic E-state index is 0.347. The van der Waals surface area contributed by atoms with Gasteiger partial charge in [0.25, 0.3) is 0 Å². The van der Waals surface area contributed by atoms with Crippen LogP contribution < -0.4 is 4.90 Å². The lowest BCUT2D eigenvalue weighted by Gasteiger charge is -2.24. The summed E-state index contributed by atoms with van der Waals surface area (Å²) in [7, 11) is 0. The predicted molar refractivity (Wildman–Crippen MR) is 79.4 cm³/mol. The van der Waals surface area contributed by atoms with Crippen LogP contribution in [-0.2, 0) is 0 Å². The SMILES string of the molecule is CCCCCCN(CCCC)c1ccc(O)cc1. The first-order valence-electron chi connectivity index (χ1n) is 7.32. The van der Waals surface area contributed by atoms with Crippen LogP contribution in [0.25, 0.3) is 0 Å². The molecule has 18 heavy (non-hydrogen) atoms. The van der Waals surface area contributed by atoms with E-state index in [2.05, 4.69) is 18.7 Å². The molecule has 1 aromatic rings. The van der Waals surface area contributed by atoms with Crippen molar-refractivity contribution in [2.75, 3.05) is 18.0 Å². The van der Waals surface area contributed by atoms with Crippen molar-refractivity contribution < 1.29 is 5.11 Å². The van der Waals surface area contributed by atoms with Crippen LogP contribution in [0.15, 0.2) is 24.3 Å². The zero-order chi connectivity index (χ0) is 13.2. The molecule has 0 heterocycles. The summed E-state index contributed by atoms with van der Waals surface area (Å²) < 4.78 is 0. The Morgan fingerprint density at radius 3 is 2.06 bits per heavy atom. The molecule has 0 atom stereocenters. The lowest BCUT2D eigenvalue weighted by atomic mass is 10.1. The van der Waals surface area contributed by atoms with E-state index < -0.39 is 0 Å². The molecule has 1 N–H and O–H groups in total. The number of nitrogens with zero attached hydrogens (tertiary/aromatic N) is 1. The number of benzene rings is 1. The van der Waals surface area contributed by atoms with Crippen LogP contribution >= 0.6 is 0 Å². The van der Waals surface area contributed by atoms with E-state index in [0.29, 0.717) is 5.75 Å². The van der Waals surface area contributed by atoms with Crippen molar-refractivity contribution in [2.24, 2.45) is 0 Å². The molecule has 0 saturated heterocycles. The number of rotatable bonds is 9. The smallest absolute Gasteiger partial charge is 0.115 e. The largest absolute Gasteiger partial charge is 0.508 e. The van der Waals surface area contributed by atoms with Gasteiger partial charge in [-0.2, -0.15) is 0 Å². The summed E-state index contributed by atoms with van der Waals surface area (Å²) in [5.74, 6) is 0.347. The number of anilines is 1.